The number of ether oxygens (including phenoxy) is 1. The number of carbonyl (C=O) groups is 3. The van der Waals surface area contributed by atoms with E-state index < -0.39 is 0 Å². The average Bonchev–Trinajstić information content (AvgIpc) is 3.28. The molecule has 0 aliphatic carbocycles. The molecule has 2 fully saturated rings. The number of benzene rings is 2. The van der Waals surface area contributed by atoms with Gasteiger partial charge in [0.05, 0.1) is 12.6 Å². The van der Waals surface area contributed by atoms with Crippen LogP contribution in [0.2, 0.25) is 0 Å². The molecule has 2 saturated heterocycles. The summed E-state index contributed by atoms with van der Waals surface area (Å²) in [5.41, 5.74) is 2.20. The molecule has 2 aliphatic rings. The lowest BCUT2D eigenvalue weighted by Crippen LogP contribution is -2.49. The van der Waals surface area contributed by atoms with E-state index in [0.29, 0.717) is 49.5 Å². The van der Waals surface area contributed by atoms with Gasteiger partial charge in [-0.05, 0) is 49.4 Å². The van der Waals surface area contributed by atoms with Crippen molar-refractivity contribution >= 4 is 17.7 Å². The maximum absolute atomic E-state index is 13.3. The molecule has 2 aromatic rings. The van der Waals surface area contributed by atoms with E-state index in [1.165, 1.54) is 0 Å². The fraction of sp³-hybridized carbons (Fsp3) is 0.423. The summed E-state index contributed by atoms with van der Waals surface area (Å²) in [6.07, 6.45) is 1.52. The van der Waals surface area contributed by atoms with Crippen LogP contribution in [0.25, 0.3) is 0 Å². The third-order valence-corrected chi connectivity index (χ3v) is 6.58. The Morgan fingerprint density at radius 2 is 1.85 bits per heavy atom. The van der Waals surface area contributed by atoms with E-state index in [1.54, 1.807) is 25.2 Å². The van der Waals surface area contributed by atoms with Crippen molar-refractivity contribution in [2.24, 2.45) is 0 Å². The van der Waals surface area contributed by atoms with Crippen LogP contribution in [0.15, 0.2) is 48.5 Å². The van der Waals surface area contributed by atoms with Gasteiger partial charge >= 0.3 is 0 Å². The van der Waals surface area contributed by atoms with Gasteiger partial charge in [-0.15, -0.1) is 0 Å². The molecule has 8 heteroatoms. The minimum Gasteiger partial charge on any atom is -0.492 e. The predicted molar refractivity (Wildman–Crippen MR) is 129 cm³/mol. The summed E-state index contributed by atoms with van der Waals surface area (Å²) >= 11 is 0. The highest BCUT2D eigenvalue weighted by Gasteiger charge is 2.29. The second-order valence-corrected chi connectivity index (χ2v) is 8.81. The van der Waals surface area contributed by atoms with Crippen LogP contribution in [0.5, 0.6) is 5.75 Å². The standard InChI is InChI=1S/C26H32N4O4/c1-27-25(32)20-7-3-6-19(16-20)23-18-30(13-12-28(23)2)26(33)21-8-4-9-22(17-21)34-15-14-29-11-5-10-24(29)31/h3-4,6-9,16-17,23H,5,10-15,18H2,1-2H3,(H,27,32). The lowest BCUT2D eigenvalue weighted by atomic mass is 9.99. The Balaban J connectivity index is 1.41. The molecule has 0 spiro atoms. The van der Waals surface area contributed by atoms with Crippen LogP contribution in [-0.4, -0.2) is 85.8 Å². The molecule has 2 aromatic carbocycles. The first-order chi connectivity index (χ1) is 16.5. The number of hydrogen-bond donors (Lipinski definition) is 1. The highest BCUT2D eigenvalue weighted by molar-refractivity contribution is 5.95. The summed E-state index contributed by atoms with van der Waals surface area (Å²) in [4.78, 5) is 43.0. The van der Waals surface area contributed by atoms with E-state index >= 15 is 0 Å². The molecule has 4 rings (SSSR count). The smallest absolute Gasteiger partial charge is 0.254 e. The SMILES string of the molecule is CNC(=O)c1cccc(C2CN(C(=O)c3cccc(OCCN4CCCC4=O)c3)CCN2C)c1. The highest BCUT2D eigenvalue weighted by atomic mass is 16.5. The van der Waals surface area contributed by atoms with Gasteiger partial charge in [0.15, 0.2) is 0 Å². The summed E-state index contributed by atoms with van der Waals surface area (Å²) in [6, 6.07) is 14.8. The molecule has 34 heavy (non-hydrogen) atoms. The van der Waals surface area contributed by atoms with Crippen LogP contribution < -0.4 is 10.1 Å². The molecule has 180 valence electrons. The van der Waals surface area contributed by atoms with E-state index in [9.17, 15) is 14.4 Å². The number of nitrogens with zero attached hydrogens (tertiary/aromatic N) is 3. The molecule has 0 bridgehead atoms. The lowest BCUT2D eigenvalue weighted by Gasteiger charge is -2.40. The van der Waals surface area contributed by atoms with Crippen molar-refractivity contribution in [3.8, 4) is 5.75 Å². The van der Waals surface area contributed by atoms with Crippen LogP contribution in [0.4, 0.5) is 0 Å². The van der Waals surface area contributed by atoms with Crippen molar-refractivity contribution < 1.29 is 19.1 Å². The zero-order chi connectivity index (χ0) is 24.1. The number of piperazine rings is 1. The van der Waals surface area contributed by atoms with E-state index in [4.69, 9.17) is 4.74 Å². The molecule has 0 aromatic heterocycles. The van der Waals surface area contributed by atoms with Gasteiger partial charge < -0.3 is 19.9 Å². The average molecular weight is 465 g/mol. The Morgan fingerprint density at radius 3 is 2.62 bits per heavy atom. The Morgan fingerprint density at radius 1 is 1.06 bits per heavy atom. The van der Waals surface area contributed by atoms with E-state index in [0.717, 1.165) is 25.1 Å². The topological polar surface area (TPSA) is 82.2 Å². The first kappa shape index (κ1) is 23.8. The van der Waals surface area contributed by atoms with Crippen molar-refractivity contribution in [1.29, 1.82) is 0 Å². The molecule has 1 N–H and O–H groups in total. The Hall–Kier alpha value is -3.39. The summed E-state index contributed by atoms with van der Waals surface area (Å²) < 4.78 is 5.84. The monoisotopic (exact) mass is 464 g/mol. The largest absolute Gasteiger partial charge is 0.492 e. The van der Waals surface area contributed by atoms with E-state index in [-0.39, 0.29) is 23.8 Å². The summed E-state index contributed by atoms with van der Waals surface area (Å²) in [5, 5.41) is 2.66. The molecular formula is C26H32N4O4. The molecular weight excluding hydrogens is 432 g/mol. The van der Waals surface area contributed by atoms with Gasteiger partial charge in [0.25, 0.3) is 11.8 Å². The number of likely N-dealkylation sites (tertiary alicyclic amines) is 1. The van der Waals surface area contributed by atoms with Crippen molar-refractivity contribution in [3.05, 3.63) is 65.2 Å². The third-order valence-electron chi connectivity index (χ3n) is 6.58. The Bertz CT molecular complexity index is 1060. The zero-order valence-electron chi connectivity index (χ0n) is 19.8. The number of rotatable bonds is 7. The third kappa shape index (κ3) is 5.39. The van der Waals surface area contributed by atoms with Crippen LogP contribution >= 0.6 is 0 Å². The summed E-state index contributed by atoms with van der Waals surface area (Å²) in [6.45, 7) is 3.66. The quantitative estimate of drug-likeness (QED) is 0.679. The van der Waals surface area contributed by atoms with E-state index in [1.807, 2.05) is 47.2 Å². The zero-order valence-corrected chi connectivity index (χ0v) is 19.8. The summed E-state index contributed by atoms with van der Waals surface area (Å²) in [5.74, 6) is 0.638. The van der Waals surface area contributed by atoms with Gasteiger partial charge in [0.1, 0.15) is 12.4 Å². The van der Waals surface area contributed by atoms with Crippen LogP contribution in [0.1, 0.15) is 45.2 Å². The van der Waals surface area contributed by atoms with Crippen molar-refractivity contribution in [1.82, 2.24) is 20.0 Å². The van der Waals surface area contributed by atoms with Crippen molar-refractivity contribution in [3.63, 3.8) is 0 Å². The number of amides is 3. The number of likely N-dealkylation sites (N-methyl/N-ethyl adjacent to an activating group) is 1. The maximum Gasteiger partial charge on any atom is 0.254 e. The number of nitrogens with one attached hydrogen (secondary N) is 1. The summed E-state index contributed by atoms with van der Waals surface area (Å²) in [7, 11) is 3.66. The first-order valence-corrected chi connectivity index (χ1v) is 11.8. The molecule has 1 atom stereocenters. The molecule has 2 aliphatic heterocycles. The molecule has 0 saturated carbocycles. The van der Waals surface area contributed by atoms with Gasteiger partial charge in [0, 0.05) is 50.8 Å². The Labute approximate surface area is 200 Å². The Kier molecular flexibility index (Phi) is 7.47. The normalized spacial score (nSPS) is 18.8. The molecule has 8 nitrogen and oxygen atoms in total. The maximum atomic E-state index is 13.3. The fourth-order valence-electron chi connectivity index (χ4n) is 4.57. The number of carbonyl (C=O) groups excluding carboxylic acids is 3. The fourth-order valence-corrected chi connectivity index (χ4v) is 4.57. The second kappa shape index (κ2) is 10.7. The van der Waals surface area contributed by atoms with Gasteiger partial charge in [-0.2, -0.15) is 0 Å². The number of hydrogen-bond acceptors (Lipinski definition) is 5. The van der Waals surface area contributed by atoms with Crippen LogP contribution in [0.3, 0.4) is 0 Å². The molecule has 1 unspecified atom stereocenters. The second-order valence-electron chi connectivity index (χ2n) is 8.81. The lowest BCUT2D eigenvalue weighted by molar-refractivity contribution is -0.128. The minimum absolute atomic E-state index is 0.000244. The van der Waals surface area contributed by atoms with Gasteiger partial charge in [-0.1, -0.05) is 18.2 Å². The molecule has 2 heterocycles. The van der Waals surface area contributed by atoms with Crippen LogP contribution in [0, 0.1) is 0 Å². The molecule has 3 amide bonds. The van der Waals surface area contributed by atoms with Crippen LogP contribution in [-0.2, 0) is 4.79 Å². The highest BCUT2D eigenvalue weighted by Crippen LogP contribution is 2.26. The van der Waals surface area contributed by atoms with Gasteiger partial charge in [-0.25, -0.2) is 0 Å². The van der Waals surface area contributed by atoms with Crippen molar-refractivity contribution in [2.45, 2.75) is 18.9 Å². The molecule has 0 radical (unpaired) electrons. The van der Waals surface area contributed by atoms with Gasteiger partial charge in [0.2, 0.25) is 5.91 Å². The van der Waals surface area contributed by atoms with E-state index in [2.05, 4.69) is 10.2 Å². The minimum atomic E-state index is -0.126. The first-order valence-electron chi connectivity index (χ1n) is 11.8. The van der Waals surface area contributed by atoms with Crippen molar-refractivity contribution in [2.75, 3.05) is 53.4 Å². The predicted octanol–water partition coefficient (Wildman–Crippen LogP) is 2.18. The van der Waals surface area contributed by atoms with Gasteiger partial charge in [-0.3, -0.25) is 19.3 Å².